The van der Waals surface area contributed by atoms with Crippen LogP contribution in [0.5, 0.6) is 0 Å². The lowest BCUT2D eigenvalue weighted by molar-refractivity contribution is -0.107. The molecule has 0 spiro atoms. The SMILES string of the molecule is CC1CCN(c2ncncc2CC=O)CC1. The summed E-state index contributed by atoms with van der Waals surface area (Å²) < 4.78 is 0. The molecule has 2 rings (SSSR count). The van der Waals surface area contributed by atoms with Gasteiger partial charge in [-0.3, -0.25) is 0 Å². The van der Waals surface area contributed by atoms with E-state index in [4.69, 9.17) is 0 Å². The van der Waals surface area contributed by atoms with Gasteiger partial charge in [0.15, 0.2) is 0 Å². The molecule has 0 atom stereocenters. The minimum absolute atomic E-state index is 0.405. The number of aldehydes is 1. The van der Waals surface area contributed by atoms with Crippen molar-refractivity contribution in [2.45, 2.75) is 26.2 Å². The first kappa shape index (κ1) is 11.0. The molecule has 0 unspecified atom stereocenters. The van der Waals surface area contributed by atoms with Crippen LogP contribution in [-0.2, 0) is 11.2 Å². The molecular weight excluding hydrogens is 202 g/mol. The Kier molecular flexibility index (Phi) is 3.49. The van der Waals surface area contributed by atoms with E-state index in [0.29, 0.717) is 6.42 Å². The zero-order valence-corrected chi connectivity index (χ0v) is 9.59. The summed E-state index contributed by atoms with van der Waals surface area (Å²) >= 11 is 0. The van der Waals surface area contributed by atoms with Crippen molar-refractivity contribution >= 4 is 12.1 Å². The lowest BCUT2D eigenvalue weighted by Gasteiger charge is -2.32. The van der Waals surface area contributed by atoms with Crippen LogP contribution in [0, 0.1) is 5.92 Å². The molecule has 0 aromatic carbocycles. The van der Waals surface area contributed by atoms with Crippen molar-refractivity contribution < 1.29 is 4.79 Å². The topological polar surface area (TPSA) is 46.1 Å². The molecule has 0 aliphatic carbocycles. The molecule has 1 aliphatic heterocycles. The summed E-state index contributed by atoms with van der Waals surface area (Å²) in [5.41, 5.74) is 0.937. The van der Waals surface area contributed by atoms with E-state index in [2.05, 4.69) is 21.8 Å². The molecule has 0 radical (unpaired) electrons. The third-order valence-electron chi connectivity index (χ3n) is 3.15. The first-order valence-corrected chi connectivity index (χ1v) is 5.78. The number of rotatable bonds is 3. The van der Waals surface area contributed by atoms with Crippen LogP contribution in [-0.4, -0.2) is 29.3 Å². The maximum absolute atomic E-state index is 10.6. The van der Waals surface area contributed by atoms with Crippen LogP contribution in [0.2, 0.25) is 0 Å². The first-order valence-electron chi connectivity index (χ1n) is 5.78. The average molecular weight is 219 g/mol. The van der Waals surface area contributed by atoms with E-state index >= 15 is 0 Å². The molecule has 4 nitrogen and oxygen atoms in total. The van der Waals surface area contributed by atoms with Gasteiger partial charge in [-0.15, -0.1) is 0 Å². The van der Waals surface area contributed by atoms with E-state index in [-0.39, 0.29) is 0 Å². The Morgan fingerprint density at radius 3 is 2.94 bits per heavy atom. The van der Waals surface area contributed by atoms with E-state index in [1.807, 2.05) is 0 Å². The van der Waals surface area contributed by atoms with Gasteiger partial charge in [-0.1, -0.05) is 6.92 Å². The number of carbonyl (C=O) groups is 1. The Balaban J connectivity index is 2.16. The summed E-state index contributed by atoms with van der Waals surface area (Å²) in [6.45, 7) is 4.34. The van der Waals surface area contributed by atoms with Crippen molar-refractivity contribution in [2.24, 2.45) is 5.92 Å². The quantitative estimate of drug-likeness (QED) is 0.722. The van der Waals surface area contributed by atoms with Gasteiger partial charge in [-0.2, -0.15) is 0 Å². The highest BCUT2D eigenvalue weighted by Gasteiger charge is 2.19. The van der Waals surface area contributed by atoms with Gasteiger partial charge in [0.25, 0.3) is 0 Å². The van der Waals surface area contributed by atoms with Crippen LogP contribution in [0.4, 0.5) is 5.82 Å². The molecular formula is C12H17N3O. The van der Waals surface area contributed by atoms with Crippen LogP contribution < -0.4 is 4.90 Å². The van der Waals surface area contributed by atoms with E-state index in [1.54, 1.807) is 12.5 Å². The summed E-state index contributed by atoms with van der Waals surface area (Å²) in [6.07, 6.45) is 7.02. The fourth-order valence-corrected chi connectivity index (χ4v) is 2.09. The van der Waals surface area contributed by atoms with Gasteiger partial charge in [0.2, 0.25) is 0 Å². The van der Waals surface area contributed by atoms with Gasteiger partial charge in [0.05, 0.1) is 0 Å². The third kappa shape index (κ3) is 2.38. The molecule has 1 fully saturated rings. The van der Waals surface area contributed by atoms with Crippen LogP contribution >= 0.6 is 0 Å². The van der Waals surface area contributed by atoms with Crippen molar-refractivity contribution in [3.63, 3.8) is 0 Å². The molecule has 4 heteroatoms. The number of anilines is 1. The highest BCUT2D eigenvalue weighted by Crippen LogP contribution is 2.23. The summed E-state index contributed by atoms with van der Waals surface area (Å²) in [4.78, 5) is 21.1. The monoisotopic (exact) mass is 219 g/mol. The van der Waals surface area contributed by atoms with Gasteiger partial charge in [-0.25, -0.2) is 9.97 Å². The highest BCUT2D eigenvalue weighted by molar-refractivity contribution is 5.60. The second-order valence-corrected chi connectivity index (χ2v) is 4.41. The molecule has 16 heavy (non-hydrogen) atoms. The Hall–Kier alpha value is -1.45. The highest BCUT2D eigenvalue weighted by atomic mass is 16.1. The van der Waals surface area contributed by atoms with Crippen molar-refractivity contribution in [1.82, 2.24) is 9.97 Å². The van der Waals surface area contributed by atoms with Gasteiger partial charge < -0.3 is 9.69 Å². The summed E-state index contributed by atoms with van der Waals surface area (Å²) in [5.74, 6) is 1.74. The molecule has 86 valence electrons. The summed E-state index contributed by atoms with van der Waals surface area (Å²) in [5, 5.41) is 0. The first-order chi connectivity index (χ1) is 7.81. The van der Waals surface area contributed by atoms with E-state index in [0.717, 1.165) is 36.7 Å². The predicted molar refractivity (Wildman–Crippen MR) is 62.4 cm³/mol. The lowest BCUT2D eigenvalue weighted by atomic mass is 9.99. The van der Waals surface area contributed by atoms with Crippen molar-refractivity contribution in [2.75, 3.05) is 18.0 Å². The fourth-order valence-electron chi connectivity index (χ4n) is 2.09. The van der Waals surface area contributed by atoms with E-state index in [1.165, 1.54) is 12.8 Å². The van der Waals surface area contributed by atoms with Crippen LogP contribution in [0.15, 0.2) is 12.5 Å². The second-order valence-electron chi connectivity index (χ2n) is 4.41. The second kappa shape index (κ2) is 5.05. The minimum atomic E-state index is 0.405. The van der Waals surface area contributed by atoms with Gasteiger partial charge in [0, 0.05) is 31.3 Å². The lowest BCUT2D eigenvalue weighted by Crippen LogP contribution is -2.34. The maximum Gasteiger partial charge on any atom is 0.135 e. The smallest absolute Gasteiger partial charge is 0.135 e. The Bertz CT molecular complexity index is 359. The van der Waals surface area contributed by atoms with Crippen LogP contribution in [0.25, 0.3) is 0 Å². The Morgan fingerprint density at radius 2 is 2.25 bits per heavy atom. The zero-order valence-electron chi connectivity index (χ0n) is 9.59. The summed E-state index contributed by atoms with van der Waals surface area (Å²) in [7, 11) is 0. The van der Waals surface area contributed by atoms with Gasteiger partial charge in [0.1, 0.15) is 18.4 Å². The van der Waals surface area contributed by atoms with Crippen molar-refractivity contribution in [1.29, 1.82) is 0 Å². The molecule has 0 N–H and O–H groups in total. The Labute approximate surface area is 95.7 Å². The normalized spacial score (nSPS) is 17.4. The number of hydrogen-bond acceptors (Lipinski definition) is 4. The third-order valence-corrected chi connectivity index (χ3v) is 3.15. The molecule has 1 aliphatic rings. The van der Waals surface area contributed by atoms with E-state index in [9.17, 15) is 4.79 Å². The minimum Gasteiger partial charge on any atom is -0.356 e. The number of hydrogen-bond donors (Lipinski definition) is 0. The van der Waals surface area contributed by atoms with Gasteiger partial charge >= 0.3 is 0 Å². The van der Waals surface area contributed by atoms with Crippen LogP contribution in [0.3, 0.4) is 0 Å². The Morgan fingerprint density at radius 1 is 1.50 bits per heavy atom. The summed E-state index contributed by atoms with van der Waals surface area (Å²) in [6, 6.07) is 0. The van der Waals surface area contributed by atoms with Crippen molar-refractivity contribution in [3.8, 4) is 0 Å². The maximum atomic E-state index is 10.6. The molecule has 1 aromatic heterocycles. The predicted octanol–water partition coefficient (Wildman–Crippen LogP) is 1.45. The number of aromatic nitrogens is 2. The fraction of sp³-hybridized carbons (Fsp3) is 0.583. The van der Waals surface area contributed by atoms with Crippen LogP contribution in [0.1, 0.15) is 25.3 Å². The van der Waals surface area contributed by atoms with Gasteiger partial charge in [-0.05, 0) is 18.8 Å². The van der Waals surface area contributed by atoms with E-state index < -0.39 is 0 Å². The number of carbonyl (C=O) groups excluding carboxylic acids is 1. The molecule has 1 saturated heterocycles. The number of nitrogens with zero attached hydrogens (tertiary/aromatic N) is 3. The molecule has 0 bridgehead atoms. The molecule has 2 heterocycles. The largest absolute Gasteiger partial charge is 0.356 e. The molecule has 1 aromatic rings. The van der Waals surface area contributed by atoms with Crippen molar-refractivity contribution in [3.05, 3.63) is 18.1 Å². The zero-order chi connectivity index (χ0) is 11.4. The molecule has 0 amide bonds. The molecule has 0 saturated carbocycles. The number of piperidine rings is 1. The average Bonchev–Trinajstić information content (AvgIpc) is 2.32. The standard InChI is InChI=1S/C12H17N3O/c1-10-2-5-15(6-3-10)12-11(4-7-16)8-13-9-14-12/h7-10H,2-6H2,1H3.